The van der Waals surface area contributed by atoms with Crippen LogP contribution in [0.15, 0.2) is 17.2 Å². The number of carbonyl (C=O) groups excluding carboxylic acids is 1. The summed E-state index contributed by atoms with van der Waals surface area (Å²) >= 11 is 0. The van der Waals surface area contributed by atoms with Gasteiger partial charge in [-0.2, -0.15) is 5.10 Å². The fourth-order valence-corrected chi connectivity index (χ4v) is 5.85. The van der Waals surface area contributed by atoms with Crippen LogP contribution in [0.2, 0.25) is 0 Å². The number of anilines is 1. The van der Waals surface area contributed by atoms with Crippen molar-refractivity contribution in [3.63, 3.8) is 0 Å². The number of ether oxygens (including phenoxy) is 1. The molecular weight excluding hydrogens is 390 g/mol. The second kappa shape index (κ2) is 6.76. The van der Waals surface area contributed by atoms with Gasteiger partial charge in [0.05, 0.1) is 12.8 Å². The number of rotatable bonds is 3. The number of amides is 2. The van der Waals surface area contributed by atoms with E-state index in [4.69, 9.17) is 9.52 Å². The molecule has 29 heavy (non-hydrogen) atoms. The smallest absolute Gasteiger partial charge is 0.331 e. The molecule has 3 aliphatic rings. The van der Waals surface area contributed by atoms with Crippen molar-refractivity contribution < 1.29 is 13.7 Å². The van der Waals surface area contributed by atoms with Crippen molar-refractivity contribution in [3.8, 4) is 5.88 Å². The standard InChI is InChI=1S/C20H25N5O3S/c1-12-6-7-14-10-13-4-2-5-15(13)18(17(12)14)23-20(26)24-29(21,27)16-11-22-25-8-3-9-28-19(16)25/h10-12H,2-9H2,1H3,(H3,21,23,24,26,27). The largest absolute Gasteiger partial charge is 0.477 e. The lowest BCUT2D eigenvalue weighted by Gasteiger charge is -2.20. The topological polar surface area (TPSA) is 109 Å². The molecule has 1 aromatic carbocycles. The Bertz CT molecular complexity index is 1110. The molecular formula is C20H25N5O3S. The normalized spacial score (nSPS) is 21.5. The quantitative estimate of drug-likeness (QED) is 0.714. The molecule has 0 radical (unpaired) electrons. The molecule has 3 N–H and O–H groups in total. The van der Waals surface area contributed by atoms with E-state index in [9.17, 15) is 9.00 Å². The second-order valence-electron chi connectivity index (χ2n) is 8.11. The average Bonchev–Trinajstić information content (AvgIpc) is 3.39. The van der Waals surface area contributed by atoms with Gasteiger partial charge in [0.25, 0.3) is 0 Å². The molecule has 2 unspecified atom stereocenters. The van der Waals surface area contributed by atoms with Crippen LogP contribution in [0, 0.1) is 4.78 Å². The average molecular weight is 416 g/mol. The fourth-order valence-electron chi connectivity index (χ4n) is 4.82. The molecule has 5 rings (SSSR count). The fraction of sp³-hybridized carbons (Fsp3) is 0.500. The Morgan fingerprint density at radius 1 is 1.31 bits per heavy atom. The number of hydrogen-bond acceptors (Lipinski definition) is 5. The zero-order chi connectivity index (χ0) is 20.2. The van der Waals surface area contributed by atoms with E-state index < -0.39 is 15.9 Å². The monoisotopic (exact) mass is 415 g/mol. The van der Waals surface area contributed by atoms with E-state index in [0.717, 1.165) is 44.2 Å². The molecule has 0 saturated carbocycles. The minimum atomic E-state index is -3.59. The summed E-state index contributed by atoms with van der Waals surface area (Å²) in [6, 6.07) is 1.68. The number of aromatic nitrogens is 2. The first-order valence-corrected chi connectivity index (χ1v) is 11.7. The molecule has 2 aliphatic carbocycles. The van der Waals surface area contributed by atoms with Gasteiger partial charge in [-0.1, -0.05) is 13.0 Å². The summed E-state index contributed by atoms with van der Waals surface area (Å²) in [4.78, 5) is 12.9. The minimum absolute atomic E-state index is 0.115. The van der Waals surface area contributed by atoms with Crippen molar-refractivity contribution in [1.29, 1.82) is 4.78 Å². The van der Waals surface area contributed by atoms with Crippen LogP contribution in [0.4, 0.5) is 10.5 Å². The molecule has 2 atom stereocenters. The first-order valence-electron chi connectivity index (χ1n) is 10.2. The van der Waals surface area contributed by atoms with Gasteiger partial charge in [0, 0.05) is 18.7 Å². The van der Waals surface area contributed by atoms with Crippen molar-refractivity contribution in [2.45, 2.75) is 62.8 Å². The molecule has 0 saturated heterocycles. The van der Waals surface area contributed by atoms with E-state index >= 15 is 0 Å². The summed E-state index contributed by atoms with van der Waals surface area (Å²) in [6.45, 7) is 3.32. The lowest BCUT2D eigenvalue weighted by Crippen LogP contribution is -2.34. The number of benzene rings is 1. The van der Waals surface area contributed by atoms with Crippen molar-refractivity contribution in [1.82, 2.24) is 14.5 Å². The van der Waals surface area contributed by atoms with Crippen LogP contribution in [0.3, 0.4) is 0 Å². The van der Waals surface area contributed by atoms with E-state index in [0.29, 0.717) is 24.9 Å². The summed E-state index contributed by atoms with van der Waals surface area (Å²) in [6.07, 6.45) is 7.31. The van der Waals surface area contributed by atoms with Crippen LogP contribution < -0.4 is 14.8 Å². The number of fused-ring (bicyclic) bond motifs is 3. The van der Waals surface area contributed by atoms with Gasteiger partial charge >= 0.3 is 6.03 Å². The van der Waals surface area contributed by atoms with Gasteiger partial charge in [0.15, 0.2) is 9.92 Å². The van der Waals surface area contributed by atoms with Gasteiger partial charge in [-0.25, -0.2) is 23.2 Å². The molecule has 2 amide bonds. The Balaban J connectivity index is 1.43. The third-order valence-electron chi connectivity index (χ3n) is 6.16. The van der Waals surface area contributed by atoms with E-state index in [2.05, 4.69) is 28.1 Å². The summed E-state index contributed by atoms with van der Waals surface area (Å²) in [5, 5.41) is 7.09. The number of carbonyl (C=O) groups is 1. The predicted octanol–water partition coefficient (Wildman–Crippen LogP) is 3.35. The predicted molar refractivity (Wildman–Crippen MR) is 109 cm³/mol. The van der Waals surface area contributed by atoms with Gasteiger partial charge < -0.3 is 10.1 Å². The number of hydrogen-bond donors (Lipinski definition) is 3. The Morgan fingerprint density at radius 2 is 2.17 bits per heavy atom. The lowest BCUT2D eigenvalue weighted by molar-refractivity contribution is 0.224. The van der Waals surface area contributed by atoms with Gasteiger partial charge in [-0.15, -0.1) is 0 Å². The SMILES string of the molecule is CC1CCc2cc3c(c(NC(=O)NS(=N)(=O)c4cnn5c4OCCC5)c21)CCC3. The Morgan fingerprint density at radius 3 is 3.03 bits per heavy atom. The summed E-state index contributed by atoms with van der Waals surface area (Å²) in [5.74, 6) is 0.689. The molecule has 0 spiro atoms. The van der Waals surface area contributed by atoms with Gasteiger partial charge in [0.2, 0.25) is 5.88 Å². The van der Waals surface area contributed by atoms with Gasteiger partial charge in [-0.3, -0.25) is 0 Å². The summed E-state index contributed by atoms with van der Waals surface area (Å²) in [5.41, 5.74) is 5.86. The zero-order valence-corrected chi connectivity index (χ0v) is 17.2. The van der Waals surface area contributed by atoms with Crippen molar-refractivity contribution >= 4 is 21.6 Å². The van der Waals surface area contributed by atoms with Crippen LogP contribution in [-0.2, 0) is 35.7 Å². The lowest BCUT2D eigenvalue weighted by atomic mass is 9.95. The van der Waals surface area contributed by atoms with E-state index in [1.165, 1.54) is 28.5 Å². The highest BCUT2D eigenvalue weighted by molar-refractivity contribution is 7.91. The maximum atomic E-state index is 13.0. The zero-order valence-electron chi connectivity index (χ0n) is 16.4. The number of nitrogens with zero attached hydrogens (tertiary/aromatic N) is 2. The maximum absolute atomic E-state index is 13.0. The van der Waals surface area contributed by atoms with Crippen molar-refractivity contribution in [3.05, 3.63) is 34.5 Å². The van der Waals surface area contributed by atoms with Crippen LogP contribution in [0.1, 0.15) is 54.4 Å². The summed E-state index contributed by atoms with van der Waals surface area (Å²) < 4.78 is 30.8. The third-order valence-corrected chi connectivity index (χ3v) is 7.54. The number of urea groups is 1. The van der Waals surface area contributed by atoms with Crippen LogP contribution >= 0.6 is 0 Å². The second-order valence-corrected chi connectivity index (χ2v) is 9.86. The Kier molecular flexibility index (Phi) is 4.31. The number of nitrogens with one attached hydrogen (secondary N) is 3. The first-order chi connectivity index (χ1) is 13.9. The van der Waals surface area contributed by atoms with Crippen LogP contribution in [0.5, 0.6) is 5.88 Å². The molecule has 0 bridgehead atoms. The first kappa shape index (κ1) is 18.5. The molecule has 2 heterocycles. The Labute approximate surface area is 170 Å². The van der Waals surface area contributed by atoms with Crippen LogP contribution in [-0.4, -0.2) is 26.6 Å². The van der Waals surface area contributed by atoms with Gasteiger partial charge in [0.1, 0.15) is 4.90 Å². The molecule has 8 nitrogen and oxygen atoms in total. The summed E-state index contributed by atoms with van der Waals surface area (Å²) in [7, 11) is -3.59. The van der Waals surface area contributed by atoms with Crippen molar-refractivity contribution in [2.75, 3.05) is 11.9 Å². The highest BCUT2D eigenvalue weighted by Gasteiger charge is 2.30. The maximum Gasteiger partial charge on any atom is 0.331 e. The van der Waals surface area contributed by atoms with E-state index in [1.807, 2.05) is 0 Å². The highest BCUT2D eigenvalue weighted by Crippen LogP contribution is 2.43. The minimum Gasteiger partial charge on any atom is -0.477 e. The van der Waals surface area contributed by atoms with E-state index in [-0.39, 0.29) is 4.90 Å². The van der Waals surface area contributed by atoms with Crippen LogP contribution in [0.25, 0.3) is 0 Å². The highest BCUT2D eigenvalue weighted by atomic mass is 32.2. The molecule has 2 aromatic rings. The van der Waals surface area contributed by atoms with Crippen molar-refractivity contribution in [2.24, 2.45) is 0 Å². The van der Waals surface area contributed by atoms with Gasteiger partial charge in [-0.05, 0) is 60.3 Å². The molecule has 1 aromatic heterocycles. The molecule has 1 aliphatic heterocycles. The Hall–Kier alpha value is -2.55. The third kappa shape index (κ3) is 3.08. The number of aryl methyl sites for hydroxylation is 3. The molecule has 0 fully saturated rings. The molecule has 154 valence electrons. The van der Waals surface area contributed by atoms with E-state index in [1.54, 1.807) is 4.68 Å². The molecule has 9 heteroatoms.